The highest BCUT2D eigenvalue weighted by atomic mass is 16.5. The van der Waals surface area contributed by atoms with E-state index in [9.17, 15) is 4.79 Å². The molecule has 0 saturated carbocycles. The lowest BCUT2D eigenvalue weighted by molar-refractivity contribution is -0.126. The fourth-order valence-electron chi connectivity index (χ4n) is 1.54. The van der Waals surface area contributed by atoms with E-state index in [1.165, 1.54) is 5.56 Å². The average Bonchev–Trinajstić information content (AvgIpc) is 2.35. The normalized spacial score (nSPS) is 10.3. The molecule has 4 heteroatoms. The molecule has 0 saturated heterocycles. The van der Waals surface area contributed by atoms with Crippen molar-refractivity contribution in [2.45, 2.75) is 19.8 Å². The number of rotatable bonds is 5. The molecule has 0 unspecified atom stereocenters. The van der Waals surface area contributed by atoms with Crippen molar-refractivity contribution in [3.8, 4) is 5.75 Å². The molecule has 0 aliphatic rings. The highest BCUT2D eigenvalue weighted by molar-refractivity contribution is 5.81. The maximum atomic E-state index is 11.5. The molecule has 18 heavy (non-hydrogen) atoms. The van der Waals surface area contributed by atoms with E-state index in [4.69, 9.17) is 4.74 Å². The summed E-state index contributed by atoms with van der Waals surface area (Å²) in [6.07, 6.45) is 0. The minimum Gasteiger partial charge on any atom is -0.495 e. The molecule has 0 fully saturated rings. The monoisotopic (exact) mass is 250 g/mol. The minimum absolute atomic E-state index is 0.0324. The first kappa shape index (κ1) is 14.4. The fourth-order valence-corrected chi connectivity index (χ4v) is 1.54. The third-order valence-electron chi connectivity index (χ3n) is 2.82. The van der Waals surface area contributed by atoms with Crippen LogP contribution in [-0.4, -0.2) is 38.6 Å². The van der Waals surface area contributed by atoms with Crippen LogP contribution in [0.2, 0.25) is 0 Å². The lowest BCUT2D eigenvalue weighted by Gasteiger charge is -2.15. The first-order chi connectivity index (χ1) is 8.45. The Labute approximate surface area is 109 Å². The number of likely N-dealkylation sites (N-methyl/N-ethyl adjacent to an activating group) is 1. The Morgan fingerprint density at radius 2 is 2.06 bits per heavy atom. The van der Waals surface area contributed by atoms with Gasteiger partial charge in [-0.2, -0.15) is 0 Å². The van der Waals surface area contributed by atoms with Crippen molar-refractivity contribution in [1.29, 1.82) is 0 Å². The molecule has 100 valence electrons. The topological polar surface area (TPSA) is 41.6 Å². The standard InChI is InChI=1S/C14H22N2O2/c1-10(2)11-6-7-12(13(8-11)18-5)15-9-14(17)16(3)4/h6-8,10,15H,9H2,1-5H3. The van der Waals surface area contributed by atoms with Crippen molar-refractivity contribution in [2.24, 2.45) is 0 Å². The second kappa shape index (κ2) is 6.28. The van der Waals surface area contributed by atoms with Crippen molar-refractivity contribution in [3.63, 3.8) is 0 Å². The van der Waals surface area contributed by atoms with Gasteiger partial charge in [-0.05, 0) is 23.6 Å². The maximum Gasteiger partial charge on any atom is 0.241 e. The molecule has 1 rings (SSSR count). The van der Waals surface area contributed by atoms with Crippen molar-refractivity contribution >= 4 is 11.6 Å². The van der Waals surface area contributed by atoms with Crippen molar-refractivity contribution in [1.82, 2.24) is 4.90 Å². The van der Waals surface area contributed by atoms with Gasteiger partial charge in [-0.25, -0.2) is 0 Å². The summed E-state index contributed by atoms with van der Waals surface area (Å²) in [7, 11) is 5.12. The molecular formula is C14H22N2O2. The quantitative estimate of drug-likeness (QED) is 0.872. The molecule has 0 aromatic heterocycles. The van der Waals surface area contributed by atoms with Gasteiger partial charge >= 0.3 is 0 Å². The van der Waals surface area contributed by atoms with E-state index in [0.717, 1.165) is 11.4 Å². The van der Waals surface area contributed by atoms with E-state index in [2.05, 4.69) is 25.2 Å². The molecule has 1 aromatic rings. The van der Waals surface area contributed by atoms with E-state index < -0.39 is 0 Å². The molecule has 0 atom stereocenters. The Balaban J connectivity index is 2.80. The zero-order chi connectivity index (χ0) is 13.7. The highest BCUT2D eigenvalue weighted by Gasteiger charge is 2.09. The van der Waals surface area contributed by atoms with E-state index in [1.807, 2.05) is 12.1 Å². The summed E-state index contributed by atoms with van der Waals surface area (Å²) in [5.74, 6) is 1.26. The third kappa shape index (κ3) is 3.65. The third-order valence-corrected chi connectivity index (χ3v) is 2.82. The Morgan fingerprint density at radius 3 is 2.56 bits per heavy atom. The highest BCUT2D eigenvalue weighted by Crippen LogP contribution is 2.28. The summed E-state index contributed by atoms with van der Waals surface area (Å²) in [4.78, 5) is 13.1. The van der Waals surface area contributed by atoms with Gasteiger partial charge in [0.2, 0.25) is 5.91 Å². The SMILES string of the molecule is COc1cc(C(C)C)ccc1NCC(=O)N(C)C. The number of carbonyl (C=O) groups excluding carboxylic acids is 1. The summed E-state index contributed by atoms with van der Waals surface area (Å²) in [5, 5.41) is 3.10. The van der Waals surface area contributed by atoms with Gasteiger partial charge in [0.15, 0.2) is 0 Å². The number of methoxy groups -OCH3 is 1. The molecule has 0 heterocycles. The van der Waals surface area contributed by atoms with Gasteiger partial charge in [0, 0.05) is 14.1 Å². The van der Waals surface area contributed by atoms with Crippen LogP contribution < -0.4 is 10.1 Å². The number of amides is 1. The summed E-state index contributed by atoms with van der Waals surface area (Å²) < 4.78 is 5.34. The largest absolute Gasteiger partial charge is 0.495 e. The molecule has 1 aromatic carbocycles. The summed E-state index contributed by atoms with van der Waals surface area (Å²) in [6, 6.07) is 6.01. The zero-order valence-electron chi connectivity index (χ0n) is 11.8. The van der Waals surface area contributed by atoms with Crippen LogP contribution in [-0.2, 0) is 4.79 Å². The van der Waals surface area contributed by atoms with Gasteiger partial charge in [0.1, 0.15) is 5.75 Å². The first-order valence-corrected chi connectivity index (χ1v) is 6.07. The van der Waals surface area contributed by atoms with E-state index in [0.29, 0.717) is 5.92 Å². The van der Waals surface area contributed by atoms with Crippen LogP contribution in [0.4, 0.5) is 5.69 Å². The first-order valence-electron chi connectivity index (χ1n) is 6.07. The van der Waals surface area contributed by atoms with Crippen LogP contribution in [0.3, 0.4) is 0 Å². The number of anilines is 1. The lowest BCUT2D eigenvalue weighted by atomic mass is 10.0. The van der Waals surface area contributed by atoms with Crippen LogP contribution in [0, 0.1) is 0 Å². The van der Waals surface area contributed by atoms with Crippen LogP contribution in [0.5, 0.6) is 5.75 Å². The number of ether oxygens (including phenoxy) is 1. The second-order valence-electron chi connectivity index (χ2n) is 4.76. The van der Waals surface area contributed by atoms with Crippen LogP contribution >= 0.6 is 0 Å². The minimum atomic E-state index is 0.0324. The lowest BCUT2D eigenvalue weighted by Crippen LogP contribution is -2.28. The predicted octanol–water partition coefficient (Wildman–Crippen LogP) is 2.32. The maximum absolute atomic E-state index is 11.5. The van der Waals surface area contributed by atoms with Gasteiger partial charge in [-0.1, -0.05) is 19.9 Å². The number of benzene rings is 1. The van der Waals surface area contributed by atoms with Gasteiger partial charge in [-0.15, -0.1) is 0 Å². The van der Waals surface area contributed by atoms with Gasteiger partial charge < -0.3 is 15.0 Å². The van der Waals surface area contributed by atoms with Crippen LogP contribution in [0.25, 0.3) is 0 Å². The van der Waals surface area contributed by atoms with Crippen molar-refractivity contribution in [3.05, 3.63) is 23.8 Å². The zero-order valence-corrected chi connectivity index (χ0v) is 11.8. The molecule has 1 amide bonds. The number of nitrogens with one attached hydrogen (secondary N) is 1. The van der Waals surface area contributed by atoms with Gasteiger partial charge in [0.25, 0.3) is 0 Å². The number of carbonyl (C=O) groups is 1. The van der Waals surface area contributed by atoms with Gasteiger partial charge in [-0.3, -0.25) is 4.79 Å². The summed E-state index contributed by atoms with van der Waals surface area (Å²) >= 11 is 0. The number of nitrogens with zero attached hydrogens (tertiary/aromatic N) is 1. The van der Waals surface area contributed by atoms with E-state index in [1.54, 1.807) is 26.1 Å². The predicted molar refractivity (Wildman–Crippen MR) is 74.3 cm³/mol. The molecule has 0 spiro atoms. The van der Waals surface area contributed by atoms with Crippen molar-refractivity contribution < 1.29 is 9.53 Å². The molecule has 0 bridgehead atoms. The second-order valence-corrected chi connectivity index (χ2v) is 4.76. The fraction of sp³-hybridized carbons (Fsp3) is 0.500. The smallest absolute Gasteiger partial charge is 0.241 e. The molecule has 1 N–H and O–H groups in total. The Bertz CT molecular complexity index is 414. The molecule has 0 radical (unpaired) electrons. The van der Waals surface area contributed by atoms with Crippen LogP contribution in [0.1, 0.15) is 25.3 Å². The molecule has 0 aliphatic carbocycles. The van der Waals surface area contributed by atoms with Gasteiger partial charge in [0.05, 0.1) is 19.3 Å². The molecular weight excluding hydrogens is 228 g/mol. The van der Waals surface area contributed by atoms with E-state index in [-0.39, 0.29) is 12.5 Å². The Kier molecular flexibility index (Phi) is 5.01. The molecule has 0 aliphatic heterocycles. The Hall–Kier alpha value is -1.71. The summed E-state index contributed by atoms with van der Waals surface area (Å²) in [6.45, 7) is 4.54. The average molecular weight is 250 g/mol. The Morgan fingerprint density at radius 1 is 1.39 bits per heavy atom. The van der Waals surface area contributed by atoms with Crippen LogP contribution in [0.15, 0.2) is 18.2 Å². The number of hydrogen-bond donors (Lipinski definition) is 1. The number of hydrogen-bond acceptors (Lipinski definition) is 3. The summed E-state index contributed by atoms with van der Waals surface area (Å²) in [5.41, 5.74) is 2.06. The molecule has 4 nitrogen and oxygen atoms in total. The van der Waals surface area contributed by atoms with E-state index >= 15 is 0 Å². The van der Waals surface area contributed by atoms with Crippen molar-refractivity contribution in [2.75, 3.05) is 33.1 Å².